The second-order valence-electron chi connectivity index (χ2n) is 7.08. The highest BCUT2D eigenvalue weighted by Gasteiger charge is 2.30. The maximum atomic E-state index is 13.3. The van der Waals surface area contributed by atoms with Gasteiger partial charge < -0.3 is 10.2 Å². The highest BCUT2D eigenvalue weighted by Crippen LogP contribution is 2.27. The summed E-state index contributed by atoms with van der Waals surface area (Å²) in [6, 6.07) is 11.7. The van der Waals surface area contributed by atoms with Gasteiger partial charge >= 0.3 is 0 Å². The van der Waals surface area contributed by atoms with Gasteiger partial charge in [-0.2, -0.15) is 0 Å². The van der Waals surface area contributed by atoms with E-state index in [1.54, 1.807) is 29.2 Å². The van der Waals surface area contributed by atoms with Gasteiger partial charge in [0, 0.05) is 27.7 Å². The van der Waals surface area contributed by atoms with Crippen LogP contribution in [0.4, 0.5) is 0 Å². The van der Waals surface area contributed by atoms with Crippen molar-refractivity contribution in [2.24, 2.45) is 0 Å². The van der Waals surface area contributed by atoms with Gasteiger partial charge in [0.2, 0.25) is 11.8 Å². The van der Waals surface area contributed by atoms with Gasteiger partial charge in [-0.3, -0.25) is 9.59 Å². The van der Waals surface area contributed by atoms with E-state index >= 15 is 0 Å². The number of carbonyl (C=O) groups excluding carboxylic acids is 2. The topological polar surface area (TPSA) is 49.4 Å². The van der Waals surface area contributed by atoms with E-state index in [1.807, 2.05) is 39.0 Å². The molecular formula is C22H25Cl3N2O2. The van der Waals surface area contributed by atoms with Gasteiger partial charge in [0.25, 0.3) is 0 Å². The number of hydrogen-bond donors (Lipinski definition) is 1. The fourth-order valence-electron chi connectivity index (χ4n) is 3.06. The van der Waals surface area contributed by atoms with Crippen molar-refractivity contribution in [1.29, 1.82) is 0 Å². The summed E-state index contributed by atoms with van der Waals surface area (Å²) in [5, 5.41) is 4.28. The van der Waals surface area contributed by atoms with Crippen molar-refractivity contribution < 1.29 is 9.59 Å². The minimum absolute atomic E-state index is 0.00554. The molecule has 0 radical (unpaired) electrons. The third kappa shape index (κ3) is 6.36. The number of halogens is 3. The van der Waals surface area contributed by atoms with Crippen LogP contribution in [0, 0.1) is 0 Å². The molecule has 0 aromatic heterocycles. The smallest absolute Gasteiger partial charge is 0.243 e. The molecule has 0 fully saturated rings. The van der Waals surface area contributed by atoms with Gasteiger partial charge in [-0.25, -0.2) is 0 Å². The van der Waals surface area contributed by atoms with E-state index in [0.29, 0.717) is 27.1 Å². The maximum Gasteiger partial charge on any atom is 0.243 e. The summed E-state index contributed by atoms with van der Waals surface area (Å²) in [5.41, 5.74) is 1.31. The van der Waals surface area contributed by atoms with Crippen molar-refractivity contribution in [2.45, 2.75) is 52.2 Å². The van der Waals surface area contributed by atoms with E-state index in [4.69, 9.17) is 34.8 Å². The first-order valence-electron chi connectivity index (χ1n) is 9.50. The molecule has 2 aromatic rings. The molecule has 0 bridgehead atoms. The zero-order valence-corrected chi connectivity index (χ0v) is 19.0. The van der Waals surface area contributed by atoms with Gasteiger partial charge in [-0.05, 0) is 49.6 Å². The van der Waals surface area contributed by atoms with Crippen molar-refractivity contribution in [2.75, 3.05) is 0 Å². The largest absolute Gasteiger partial charge is 0.352 e. The van der Waals surface area contributed by atoms with Crippen LogP contribution >= 0.6 is 34.8 Å². The van der Waals surface area contributed by atoms with Crippen LogP contribution < -0.4 is 5.32 Å². The Morgan fingerprint density at radius 1 is 0.966 bits per heavy atom. The Kier molecular flexibility index (Phi) is 8.81. The van der Waals surface area contributed by atoms with Crippen molar-refractivity contribution >= 4 is 46.6 Å². The minimum atomic E-state index is -0.637. The summed E-state index contributed by atoms with van der Waals surface area (Å²) >= 11 is 18.8. The fraction of sp³-hybridized carbons (Fsp3) is 0.364. The number of benzene rings is 2. The molecule has 0 spiro atoms. The first-order valence-corrected chi connectivity index (χ1v) is 10.6. The third-order valence-electron chi connectivity index (χ3n) is 4.51. The molecule has 0 heterocycles. The Labute approximate surface area is 187 Å². The molecule has 0 aliphatic heterocycles. The van der Waals surface area contributed by atoms with Crippen LogP contribution in [0.5, 0.6) is 0 Å². The summed E-state index contributed by atoms with van der Waals surface area (Å²) < 4.78 is 0. The minimum Gasteiger partial charge on any atom is -0.352 e. The lowest BCUT2D eigenvalue weighted by Gasteiger charge is -2.31. The number of hydrogen-bond acceptors (Lipinski definition) is 2. The lowest BCUT2D eigenvalue weighted by Crippen LogP contribution is -2.50. The van der Waals surface area contributed by atoms with Crippen molar-refractivity contribution in [3.8, 4) is 0 Å². The molecule has 4 nitrogen and oxygen atoms in total. The van der Waals surface area contributed by atoms with E-state index in [-0.39, 0.29) is 30.8 Å². The average molecular weight is 456 g/mol. The van der Waals surface area contributed by atoms with E-state index in [0.717, 1.165) is 5.56 Å². The zero-order valence-electron chi connectivity index (χ0n) is 16.7. The molecular weight excluding hydrogens is 431 g/mol. The molecule has 0 saturated heterocycles. The molecule has 2 rings (SSSR count). The van der Waals surface area contributed by atoms with Gasteiger partial charge in [0.1, 0.15) is 6.04 Å². The summed E-state index contributed by atoms with van der Waals surface area (Å²) in [4.78, 5) is 27.7. The Hall–Kier alpha value is -1.75. The van der Waals surface area contributed by atoms with Crippen molar-refractivity contribution in [3.63, 3.8) is 0 Å². The molecule has 0 aliphatic carbocycles. The number of nitrogens with zero attached hydrogens (tertiary/aromatic N) is 1. The monoisotopic (exact) mass is 454 g/mol. The van der Waals surface area contributed by atoms with E-state index in [1.165, 1.54) is 0 Å². The lowest BCUT2D eigenvalue weighted by atomic mass is 10.1. The third-order valence-corrected chi connectivity index (χ3v) is 5.58. The molecule has 1 atom stereocenters. The lowest BCUT2D eigenvalue weighted by molar-refractivity contribution is -0.141. The molecule has 0 aliphatic rings. The first-order chi connectivity index (χ1) is 13.7. The van der Waals surface area contributed by atoms with Crippen LogP contribution in [0.15, 0.2) is 42.5 Å². The second-order valence-corrected chi connectivity index (χ2v) is 8.30. The van der Waals surface area contributed by atoms with Gasteiger partial charge in [-0.1, -0.05) is 66.0 Å². The molecule has 1 N–H and O–H groups in total. The van der Waals surface area contributed by atoms with Crippen LogP contribution in [0.2, 0.25) is 15.1 Å². The van der Waals surface area contributed by atoms with E-state index in [9.17, 15) is 9.59 Å². The summed E-state index contributed by atoms with van der Waals surface area (Å²) in [7, 11) is 0. The molecule has 0 saturated carbocycles. The van der Waals surface area contributed by atoms with Gasteiger partial charge in [-0.15, -0.1) is 0 Å². The number of amides is 2. The quantitative estimate of drug-likeness (QED) is 0.569. The zero-order chi connectivity index (χ0) is 21.6. The number of rotatable bonds is 8. The van der Waals surface area contributed by atoms with Crippen LogP contribution in [0.3, 0.4) is 0 Å². The van der Waals surface area contributed by atoms with Gasteiger partial charge in [0.15, 0.2) is 0 Å². The van der Waals surface area contributed by atoms with Crippen LogP contribution in [-0.4, -0.2) is 28.8 Å². The Balaban J connectivity index is 2.38. The molecule has 2 aromatic carbocycles. The second kappa shape index (κ2) is 10.9. The molecule has 2 amide bonds. The highest BCUT2D eigenvalue weighted by molar-refractivity contribution is 6.36. The van der Waals surface area contributed by atoms with Gasteiger partial charge in [0.05, 0.1) is 6.42 Å². The van der Waals surface area contributed by atoms with E-state index in [2.05, 4.69) is 5.32 Å². The molecule has 156 valence electrons. The molecule has 29 heavy (non-hydrogen) atoms. The summed E-state index contributed by atoms with van der Waals surface area (Å²) in [6.45, 7) is 5.85. The maximum absolute atomic E-state index is 13.3. The highest BCUT2D eigenvalue weighted by atomic mass is 35.5. The van der Waals surface area contributed by atoms with Crippen LogP contribution in [-0.2, 0) is 22.6 Å². The predicted octanol–water partition coefficient (Wildman–Crippen LogP) is 5.52. The summed E-state index contributed by atoms with van der Waals surface area (Å²) in [6.07, 6.45) is 0.458. The SMILES string of the molecule is CC[C@@H](C(=O)NC(C)C)N(Cc1ccccc1Cl)C(=O)Cc1c(Cl)cccc1Cl. The Morgan fingerprint density at radius 3 is 2.10 bits per heavy atom. The van der Waals surface area contributed by atoms with E-state index < -0.39 is 6.04 Å². The van der Waals surface area contributed by atoms with Crippen LogP contribution in [0.1, 0.15) is 38.3 Å². The van der Waals surface area contributed by atoms with Crippen molar-refractivity contribution in [1.82, 2.24) is 10.2 Å². The average Bonchev–Trinajstić information content (AvgIpc) is 2.65. The predicted molar refractivity (Wildman–Crippen MR) is 120 cm³/mol. The Morgan fingerprint density at radius 2 is 1.55 bits per heavy atom. The van der Waals surface area contributed by atoms with Crippen LogP contribution in [0.25, 0.3) is 0 Å². The number of carbonyl (C=O) groups is 2. The standard InChI is InChI=1S/C22H25Cl3N2O2/c1-4-20(22(29)26-14(2)3)27(13-15-8-5-6-9-17(15)23)21(28)12-16-18(24)10-7-11-19(16)25/h5-11,14,20H,4,12-13H2,1-3H3,(H,26,29)/t20-/m0/s1. The fourth-order valence-corrected chi connectivity index (χ4v) is 3.79. The normalized spacial score (nSPS) is 12.0. The first kappa shape index (κ1) is 23.5. The molecule has 0 unspecified atom stereocenters. The number of nitrogens with one attached hydrogen (secondary N) is 1. The summed E-state index contributed by atoms with van der Waals surface area (Å²) in [5.74, 6) is -0.446. The Bertz CT molecular complexity index is 851. The molecule has 7 heteroatoms. The van der Waals surface area contributed by atoms with Crippen molar-refractivity contribution in [3.05, 3.63) is 68.7 Å².